The predicted octanol–water partition coefficient (Wildman–Crippen LogP) is 3.04. The molecule has 0 saturated carbocycles. The maximum atomic E-state index is 3.78. The van der Waals surface area contributed by atoms with Gasteiger partial charge in [0.05, 0.1) is 0 Å². The van der Waals surface area contributed by atoms with Gasteiger partial charge in [-0.25, -0.2) is 0 Å². The Labute approximate surface area is 80.0 Å². The summed E-state index contributed by atoms with van der Waals surface area (Å²) in [6, 6.07) is 6.19. The van der Waals surface area contributed by atoms with Crippen molar-refractivity contribution in [3.8, 4) is 0 Å². The van der Waals surface area contributed by atoms with Gasteiger partial charge in [-0.05, 0) is 17.2 Å². The molecule has 0 unspecified atom stereocenters. The van der Waals surface area contributed by atoms with Crippen LogP contribution in [0.5, 0.6) is 0 Å². The van der Waals surface area contributed by atoms with Crippen LogP contribution in [0.4, 0.5) is 5.69 Å². The number of rotatable bonds is 3. The van der Waals surface area contributed by atoms with Crippen LogP contribution < -0.4 is 4.90 Å². The molecule has 0 atom stereocenters. The minimum atomic E-state index is 1.13. The molecule has 0 heterocycles. The van der Waals surface area contributed by atoms with Crippen molar-refractivity contribution in [1.82, 2.24) is 0 Å². The lowest BCUT2D eigenvalue weighted by Gasteiger charge is -2.16. The van der Waals surface area contributed by atoms with Gasteiger partial charge in [0.15, 0.2) is 0 Å². The third-order valence-corrected chi connectivity index (χ3v) is 1.99. The molecule has 0 spiro atoms. The van der Waals surface area contributed by atoms with Gasteiger partial charge in [0.2, 0.25) is 0 Å². The molecular formula is C12H15N. The molecule has 0 bridgehead atoms. The van der Waals surface area contributed by atoms with E-state index in [1.807, 2.05) is 32.3 Å². The zero-order valence-corrected chi connectivity index (χ0v) is 8.25. The lowest BCUT2D eigenvalue weighted by Crippen LogP contribution is -2.10. The average molecular weight is 173 g/mol. The zero-order valence-electron chi connectivity index (χ0n) is 8.25. The van der Waals surface area contributed by atoms with Gasteiger partial charge in [-0.15, -0.1) is 0 Å². The number of hydrogen-bond acceptors (Lipinski definition) is 1. The van der Waals surface area contributed by atoms with Crippen molar-refractivity contribution < 1.29 is 0 Å². The van der Waals surface area contributed by atoms with Crippen LogP contribution in [-0.4, -0.2) is 14.1 Å². The quantitative estimate of drug-likeness (QED) is 0.679. The van der Waals surface area contributed by atoms with E-state index in [-0.39, 0.29) is 0 Å². The maximum Gasteiger partial charge on any atom is 0.0440 e. The van der Waals surface area contributed by atoms with Crippen LogP contribution >= 0.6 is 0 Å². The highest BCUT2D eigenvalue weighted by Crippen LogP contribution is 2.21. The summed E-state index contributed by atoms with van der Waals surface area (Å²) in [6.45, 7) is 7.52. The van der Waals surface area contributed by atoms with Crippen molar-refractivity contribution in [1.29, 1.82) is 0 Å². The Morgan fingerprint density at radius 3 is 2.31 bits per heavy atom. The van der Waals surface area contributed by atoms with Crippen LogP contribution in [-0.2, 0) is 0 Å². The van der Waals surface area contributed by atoms with Crippen molar-refractivity contribution in [2.75, 3.05) is 19.0 Å². The van der Waals surface area contributed by atoms with Crippen molar-refractivity contribution >= 4 is 17.8 Å². The fourth-order valence-electron chi connectivity index (χ4n) is 1.25. The molecule has 0 aromatic heterocycles. The maximum absolute atomic E-state index is 3.78. The molecule has 0 N–H and O–H groups in total. The standard InChI is InChI=1S/C12H15N/c1-5-10-7-8-11(6-2)12(9-10)13(3)4/h5-9H,1-2H2,3-4H3. The second-order valence-electron chi connectivity index (χ2n) is 3.12. The van der Waals surface area contributed by atoms with Gasteiger partial charge in [0, 0.05) is 19.8 Å². The van der Waals surface area contributed by atoms with E-state index in [2.05, 4.69) is 30.2 Å². The van der Waals surface area contributed by atoms with E-state index >= 15 is 0 Å². The molecular weight excluding hydrogens is 158 g/mol. The minimum absolute atomic E-state index is 1.13. The lowest BCUT2D eigenvalue weighted by molar-refractivity contribution is 1.13. The smallest absolute Gasteiger partial charge is 0.0440 e. The second kappa shape index (κ2) is 3.94. The van der Waals surface area contributed by atoms with Crippen molar-refractivity contribution in [3.05, 3.63) is 42.5 Å². The van der Waals surface area contributed by atoms with Gasteiger partial charge in [-0.3, -0.25) is 0 Å². The highest BCUT2D eigenvalue weighted by Gasteiger charge is 2.01. The SMILES string of the molecule is C=Cc1ccc(C=C)c(N(C)C)c1. The molecule has 0 radical (unpaired) electrons. The van der Waals surface area contributed by atoms with Crippen molar-refractivity contribution in [2.24, 2.45) is 0 Å². The summed E-state index contributed by atoms with van der Waals surface area (Å²) in [5.74, 6) is 0. The molecule has 1 aromatic carbocycles. The van der Waals surface area contributed by atoms with Gasteiger partial charge < -0.3 is 4.90 Å². The molecule has 0 saturated heterocycles. The van der Waals surface area contributed by atoms with Crippen LogP contribution in [0.25, 0.3) is 12.2 Å². The highest BCUT2D eigenvalue weighted by molar-refractivity contribution is 5.70. The lowest BCUT2D eigenvalue weighted by atomic mass is 10.1. The fourth-order valence-corrected chi connectivity index (χ4v) is 1.25. The molecule has 13 heavy (non-hydrogen) atoms. The largest absolute Gasteiger partial charge is 0.377 e. The highest BCUT2D eigenvalue weighted by atomic mass is 15.1. The Hall–Kier alpha value is -1.50. The van der Waals surface area contributed by atoms with Gasteiger partial charge in [-0.1, -0.05) is 37.4 Å². The molecule has 0 amide bonds. The molecule has 68 valence electrons. The van der Waals surface area contributed by atoms with E-state index < -0.39 is 0 Å². The molecule has 1 aromatic rings. The van der Waals surface area contributed by atoms with Gasteiger partial charge in [0.25, 0.3) is 0 Å². The molecule has 0 aliphatic rings. The Kier molecular flexibility index (Phi) is 2.91. The first-order valence-corrected chi connectivity index (χ1v) is 4.25. The number of anilines is 1. The summed E-state index contributed by atoms with van der Waals surface area (Å²) in [6.07, 6.45) is 3.71. The third-order valence-electron chi connectivity index (χ3n) is 1.99. The molecule has 0 aliphatic heterocycles. The summed E-state index contributed by atoms with van der Waals surface area (Å²) in [7, 11) is 4.05. The number of nitrogens with zero attached hydrogens (tertiary/aromatic N) is 1. The molecule has 0 fully saturated rings. The fraction of sp³-hybridized carbons (Fsp3) is 0.167. The Morgan fingerprint density at radius 1 is 1.15 bits per heavy atom. The van der Waals surface area contributed by atoms with Crippen LogP contribution in [0.3, 0.4) is 0 Å². The van der Waals surface area contributed by atoms with Crippen molar-refractivity contribution in [2.45, 2.75) is 0 Å². The van der Waals surface area contributed by atoms with Gasteiger partial charge >= 0.3 is 0 Å². The predicted molar refractivity (Wildman–Crippen MR) is 61.0 cm³/mol. The van der Waals surface area contributed by atoms with Gasteiger partial charge in [0.1, 0.15) is 0 Å². The summed E-state index contributed by atoms with van der Waals surface area (Å²) in [4.78, 5) is 2.07. The third kappa shape index (κ3) is 2.00. The molecule has 1 nitrogen and oxygen atoms in total. The Morgan fingerprint density at radius 2 is 1.85 bits per heavy atom. The van der Waals surface area contributed by atoms with Gasteiger partial charge in [-0.2, -0.15) is 0 Å². The van der Waals surface area contributed by atoms with Crippen LogP contribution in [0.2, 0.25) is 0 Å². The monoisotopic (exact) mass is 173 g/mol. The van der Waals surface area contributed by atoms with Crippen molar-refractivity contribution in [3.63, 3.8) is 0 Å². The zero-order chi connectivity index (χ0) is 9.84. The van der Waals surface area contributed by atoms with E-state index in [1.54, 1.807) is 0 Å². The normalized spacial score (nSPS) is 9.38. The summed E-state index contributed by atoms with van der Waals surface area (Å²) >= 11 is 0. The van der Waals surface area contributed by atoms with E-state index in [4.69, 9.17) is 0 Å². The minimum Gasteiger partial charge on any atom is -0.377 e. The van der Waals surface area contributed by atoms with E-state index in [0.717, 1.165) is 11.1 Å². The first-order chi connectivity index (χ1) is 6.19. The van der Waals surface area contributed by atoms with Crippen LogP contribution in [0.1, 0.15) is 11.1 Å². The average Bonchev–Trinajstić information content (AvgIpc) is 2.16. The number of hydrogen-bond donors (Lipinski definition) is 0. The Bertz CT molecular complexity index is 324. The first-order valence-electron chi connectivity index (χ1n) is 4.25. The summed E-state index contributed by atoms with van der Waals surface area (Å²) in [5, 5.41) is 0. The van der Waals surface area contributed by atoms with Crippen LogP contribution in [0.15, 0.2) is 31.4 Å². The topological polar surface area (TPSA) is 3.24 Å². The van der Waals surface area contributed by atoms with E-state index in [1.165, 1.54) is 5.69 Å². The van der Waals surface area contributed by atoms with E-state index in [9.17, 15) is 0 Å². The summed E-state index contributed by atoms with van der Waals surface area (Å²) < 4.78 is 0. The second-order valence-corrected chi connectivity index (χ2v) is 3.12. The molecule has 1 heteroatoms. The first kappa shape index (κ1) is 9.59. The molecule has 1 rings (SSSR count). The number of benzene rings is 1. The Balaban J connectivity index is 3.25. The summed E-state index contributed by atoms with van der Waals surface area (Å²) in [5.41, 5.74) is 3.46. The molecule has 0 aliphatic carbocycles. The van der Waals surface area contributed by atoms with Crippen LogP contribution in [0, 0.1) is 0 Å². The van der Waals surface area contributed by atoms with E-state index in [0.29, 0.717) is 0 Å².